The first-order valence-corrected chi connectivity index (χ1v) is 8.06. The molecule has 0 radical (unpaired) electrons. The molecule has 1 N–H and O–H groups in total. The monoisotopic (exact) mass is 320 g/mol. The van der Waals surface area contributed by atoms with Crippen LogP contribution in [0.25, 0.3) is 0 Å². The van der Waals surface area contributed by atoms with E-state index in [0.29, 0.717) is 5.92 Å². The van der Waals surface area contributed by atoms with E-state index in [4.69, 9.17) is 5.26 Å². The molecule has 0 spiro atoms. The van der Waals surface area contributed by atoms with Gasteiger partial charge >= 0.3 is 0 Å². The molecule has 0 unspecified atom stereocenters. The van der Waals surface area contributed by atoms with Crippen LogP contribution in [0.2, 0.25) is 0 Å². The maximum atomic E-state index is 13.4. The van der Waals surface area contributed by atoms with Crippen LogP contribution in [0.3, 0.4) is 0 Å². The summed E-state index contributed by atoms with van der Waals surface area (Å²) in [6, 6.07) is 1.67. The number of hydrogen-bond acceptors (Lipinski definition) is 5. The second-order valence-corrected chi connectivity index (χ2v) is 6.41. The van der Waals surface area contributed by atoms with Crippen molar-refractivity contribution >= 4 is 5.91 Å². The van der Waals surface area contributed by atoms with Crippen molar-refractivity contribution in [1.29, 1.82) is 5.26 Å². The number of halogens is 1. The van der Waals surface area contributed by atoms with Gasteiger partial charge in [-0.05, 0) is 25.2 Å². The van der Waals surface area contributed by atoms with E-state index in [1.807, 2.05) is 16.9 Å². The fourth-order valence-electron chi connectivity index (χ4n) is 3.54. The van der Waals surface area contributed by atoms with Crippen molar-refractivity contribution in [2.24, 2.45) is 5.92 Å². The van der Waals surface area contributed by atoms with Gasteiger partial charge in [0.15, 0.2) is 0 Å². The van der Waals surface area contributed by atoms with Crippen molar-refractivity contribution in [3.05, 3.63) is 12.4 Å². The first kappa shape index (κ1) is 15.9. The van der Waals surface area contributed by atoms with Gasteiger partial charge in [0.1, 0.15) is 12.2 Å². The lowest BCUT2D eigenvalue weighted by atomic mass is 10.1. The number of alkyl halides is 1. The number of aromatic nitrogens is 3. The van der Waals surface area contributed by atoms with Crippen LogP contribution in [0.15, 0.2) is 12.4 Å². The fourth-order valence-corrected chi connectivity index (χ4v) is 3.54. The Morgan fingerprint density at radius 2 is 2.30 bits per heavy atom. The number of carbonyl (C=O) groups is 1. The highest BCUT2D eigenvalue weighted by molar-refractivity contribution is 5.79. The Kier molecular flexibility index (Phi) is 4.86. The van der Waals surface area contributed by atoms with E-state index in [1.54, 1.807) is 6.20 Å². The Labute approximate surface area is 134 Å². The second kappa shape index (κ2) is 7.04. The summed E-state index contributed by atoms with van der Waals surface area (Å²) in [6.07, 6.45) is 5.66. The van der Waals surface area contributed by atoms with Crippen molar-refractivity contribution < 1.29 is 9.18 Å². The topological polar surface area (TPSA) is 86.8 Å². The largest absolute Gasteiger partial charge is 0.323 e. The van der Waals surface area contributed by atoms with E-state index in [-0.39, 0.29) is 31.5 Å². The molecule has 8 heteroatoms. The quantitative estimate of drug-likeness (QED) is 0.853. The molecule has 1 aromatic heterocycles. The molecule has 124 valence electrons. The van der Waals surface area contributed by atoms with E-state index in [9.17, 15) is 9.18 Å². The number of hydrogen-bond donors (Lipinski definition) is 1. The molecule has 1 aromatic rings. The zero-order valence-corrected chi connectivity index (χ0v) is 12.9. The summed E-state index contributed by atoms with van der Waals surface area (Å²) in [7, 11) is 0. The maximum Gasteiger partial charge on any atom is 0.237 e. The van der Waals surface area contributed by atoms with Gasteiger partial charge in [-0.2, -0.15) is 5.26 Å². The summed E-state index contributed by atoms with van der Waals surface area (Å²) >= 11 is 0. The van der Waals surface area contributed by atoms with Crippen LogP contribution >= 0.6 is 0 Å². The van der Waals surface area contributed by atoms with Crippen LogP contribution in [-0.2, 0) is 11.3 Å². The van der Waals surface area contributed by atoms with Gasteiger partial charge in [-0.25, -0.2) is 4.39 Å². The van der Waals surface area contributed by atoms with Crippen LogP contribution in [0, 0.1) is 17.2 Å². The molecular weight excluding hydrogens is 299 g/mol. The van der Waals surface area contributed by atoms with Gasteiger partial charge in [-0.3, -0.25) is 9.48 Å². The van der Waals surface area contributed by atoms with Crippen molar-refractivity contribution in [1.82, 2.24) is 25.2 Å². The minimum Gasteiger partial charge on any atom is -0.323 e. The zero-order valence-electron chi connectivity index (χ0n) is 12.9. The molecule has 1 aliphatic heterocycles. The van der Waals surface area contributed by atoms with Gasteiger partial charge in [0.2, 0.25) is 5.91 Å². The van der Waals surface area contributed by atoms with E-state index in [1.165, 1.54) is 4.90 Å². The Morgan fingerprint density at radius 3 is 3.04 bits per heavy atom. The number of nitrogens with one attached hydrogen (secondary N) is 1. The van der Waals surface area contributed by atoms with Gasteiger partial charge in [-0.15, -0.1) is 5.10 Å². The van der Waals surface area contributed by atoms with E-state index in [2.05, 4.69) is 15.6 Å². The van der Waals surface area contributed by atoms with Gasteiger partial charge < -0.3 is 10.2 Å². The minimum atomic E-state index is -1.08. The summed E-state index contributed by atoms with van der Waals surface area (Å²) in [4.78, 5) is 13.5. The molecule has 2 fully saturated rings. The Balaban J connectivity index is 1.42. The molecule has 1 saturated heterocycles. The Bertz CT molecular complexity index is 571. The van der Waals surface area contributed by atoms with Crippen LogP contribution in [-0.4, -0.2) is 57.1 Å². The lowest BCUT2D eigenvalue weighted by molar-refractivity contribution is -0.130. The van der Waals surface area contributed by atoms with Crippen molar-refractivity contribution in [3.63, 3.8) is 0 Å². The maximum absolute atomic E-state index is 13.4. The molecule has 2 heterocycles. The SMILES string of the molecule is N#C[C@@H]1C[C@H](F)CN1C(=O)CN[C@H]1CC[C@@H](Cn2ccnn2)C1. The average molecular weight is 320 g/mol. The Morgan fingerprint density at radius 1 is 1.43 bits per heavy atom. The summed E-state index contributed by atoms with van der Waals surface area (Å²) in [5, 5.41) is 20.0. The first-order chi connectivity index (χ1) is 11.2. The van der Waals surface area contributed by atoms with E-state index >= 15 is 0 Å². The third-order valence-corrected chi connectivity index (χ3v) is 4.72. The first-order valence-electron chi connectivity index (χ1n) is 8.06. The van der Waals surface area contributed by atoms with Crippen LogP contribution < -0.4 is 5.32 Å². The number of likely N-dealkylation sites (tertiary alicyclic amines) is 1. The predicted octanol–water partition coefficient (Wildman–Crippen LogP) is 0.499. The number of carbonyl (C=O) groups excluding carboxylic acids is 1. The standard InChI is InChI=1S/C15H21FN6O/c16-12-6-14(7-17)22(10-12)15(23)8-18-13-2-1-11(5-13)9-21-4-3-19-20-21/h3-4,11-14,18H,1-2,5-6,8-10H2/t11-,12+,13+,14+/m1/s1. The molecule has 3 rings (SSSR count). The summed E-state index contributed by atoms with van der Waals surface area (Å²) in [5.41, 5.74) is 0. The number of rotatable bonds is 5. The number of nitriles is 1. The fraction of sp³-hybridized carbons (Fsp3) is 0.733. The zero-order chi connectivity index (χ0) is 16.2. The van der Waals surface area contributed by atoms with Gasteiger partial charge in [0, 0.05) is 25.2 Å². The normalized spacial score (nSPS) is 30.5. The molecule has 1 saturated carbocycles. The molecule has 1 amide bonds. The average Bonchev–Trinajstić information content (AvgIpc) is 3.26. The number of nitrogens with zero attached hydrogens (tertiary/aromatic N) is 5. The lowest BCUT2D eigenvalue weighted by Crippen LogP contribution is -2.43. The molecule has 0 bridgehead atoms. The third kappa shape index (κ3) is 3.85. The lowest BCUT2D eigenvalue weighted by Gasteiger charge is -2.21. The van der Waals surface area contributed by atoms with Crippen LogP contribution in [0.1, 0.15) is 25.7 Å². The molecule has 1 aliphatic carbocycles. The van der Waals surface area contributed by atoms with Crippen molar-refractivity contribution in [2.45, 2.75) is 50.5 Å². The molecule has 2 aliphatic rings. The second-order valence-electron chi connectivity index (χ2n) is 6.41. The third-order valence-electron chi connectivity index (χ3n) is 4.72. The molecular formula is C15H21FN6O. The predicted molar refractivity (Wildman–Crippen MR) is 79.8 cm³/mol. The van der Waals surface area contributed by atoms with Crippen molar-refractivity contribution in [3.8, 4) is 6.07 Å². The van der Waals surface area contributed by atoms with Crippen LogP contribution in [0.5, 0.6) is 0 Å². The van der Waals surface area contributed by atoms with Gasteiger partial charge in [-0.1, -0.05) is 5.21 Å². The van der Waals surface area contributed by atoms with E-state index in [0.717, 1.165) is 25.8 Å². The molecule has 4 atom stereocenters. The smallest absolute Gasteiger partial charge is 0.237 e. The minimum absolute atomic E-state index is 0.0400. The van der Waals surface area contributed by atoms with Gasteiger partial charge in [0.05, 0.1) is 25.4 Å². The highest BCUT2D eigenvalue weighted by Gasteiger charge is 2.35. The highest BCUT2D eigenvalue weighted by Crippen LogP contribution is 2.27. The van der Waals surface area contributed by atoms with Crippen LogP contribution in [0.4, 0.5) is 4.39 Å². The van der Waals surface area contributed by atoms with E-state index < -0.39 is 12.2 Å². The molecule has 23 heavy (non-hydrogen) atoms. The Hall–Kier alpha value is -2.01. The summed E-state index contributed by atoms with van der Waals surface area (Å²) in [5.74, 6) is 0.342. The van der Waals surface area contributed by atoms with Gasteiger partial charge in [0.25, 0.3) is 0 Å². The molecule has 0 aromatic carbocycles. The van der Waals surface area contributed by atoms with Crippen molar-refractivity contribution in [2.75, 3.05) is 13.1 Å². The molecule has 7 nitrogen and oxygen atoms in total. The summed E-state index contributed by atoms with van der Waals surface area (Å²) < 4.78 is 15.2. The summed E-state index contributed by atoms with van der Waals surface area (Å²) in [6.45, 7) is 1.06. The number of amides is 1. The highest BCUT2D eigenvalue weighted by atomic mass is 19.1.